The molecule has 1 unspecified atom stereocenters. The summed E-state index contributed by atoms with van der Waals surface area (Å²) in [5.74, 6) is -2.58. The van der Waals surface area contributed by atoms with E-state index in [1.165, 1.54) is 19.3 Å². The number of carboxylic acids is 1. The van der Waals surface area contributed by atoms with Crippen LogP contribution in [0.15, 0.2) is 122 Å². The van der Waals surface area contributed by atoms with Crippen molar-refractivity contribution >= 4 is 25.7 Å². The van der Waals surface area contributed by atoms with Crippen LogP contribution >= 0.6 is 7.82 Å². The first-order valence-electron chi connectivity index (χ1n) is 21.6. The average Bonchev–Trinajstić information content (AvgIpc) is 3.22. The van der Waals surface area contributed by atoms with Crippen molar-refractivity contribution in [2.75, 3.05) is 19.8 Å². The van der Waals surface area contributed by atoms with Gasteiger partial charge < -0.3 is 25.2 Å². The second kappa shape index (κ2) is 41.6. The van der Waals surface area contributed by atoms with Crippen molar-refractivity contribution in [2.24, 2.45) is 5.73 Å². The maximum atomic E-state index is 12.6. The zero-order valence-corrected chi connectivity index (χ0v) is 37.1. The Hall–Kier alpha value is -4.12. The molecular weight excluding hydrogens is 781 g/mol. The van der Waals surface area contributed by atoms with Crippen molar-refractivity contribution in [3.05, 3.63) is 122 Å². The number of ether oxygens (including phenoxy) is 2. The Morgan fingerprint density at radius 2 is 0.950 bits per heavy atom. The number of phosphoric ester groups is 1. The lowest BCUT2D eigenvalue weighted by Gasteiger charge is -2.20. The number of nitrogens with two attached hydrogens (primary N) is 1. The average molecular weight is 856 g/mol. The standard InChI is InChI=1S/C48H74NO10P/c1-3-5-7-9-11-13-15-17-19-21-22-24-25-27-29-31-33-35-37-39-46(50)56-41-44(42-57-60(54,55)58-43-45(49)48(52)53)59-47(51)40-38-36-34-32-30-28-26-23-20-18-16-14-12-10-8-6-4-2/h5,7,11-14,17-20,22,24,26-29,32-35,44-45H,3-4,6,8-10,15-16,21,23,25,30-31,36-43,49H2,1-2H3,(H,52,53)(H,54,55)/b7-5+,13-11+,14-12+,19-17+,20-18+,24-22+,28-26+,29-27+,34-32+,35-33+/t44-,45+/m1/s1. The summed E-state index contributed by atoms with van der Waals surface area (Å²) in [5, 5.41) is 8.89. The summed E-state index contributed by atoms with van der Waals surface area (Å²) in [6.07, 6.45) is 55.7. The first-order valence-corrected chi connectivity index (χ1v) is 23.1. The highest BCUT2D eigenvalue weighted by atomic mass is 31.2. The quantitative estimate of drug-likeness (QED) is 0.0233. The van der Waals surface area contributed by atoms with E-state index in [4.69, 9.17) is 24.8 Å². The molecule has 0 heterocycles. The second-order valence-electron chi connectivity index (χ2n) is 13.7. The molecule has 0 bridgehead atoms. The highest BCUT2D eigenvalue weighted by Gasteiger charge is 2.28. The number of carbonyl (C=O) groups is 3. The summed E-state index contributed by atoms with van der Waals surface area (Å²) in [6, 6.07) is -1.55. The molecule has 0 spiro atoms. The van der Waals surface area contributed by atoms with Gasteiger partial charge in [-0.15, -0.1) is 0 Å². The Kier molecular flexibility index (Phi) is 38.8. The summed E-state index contributed by atoms with van der Waals surface area (Å²) in [6.45, 7) is 2.50. The van der Waals surface area contributed by atoms with Gasteiger partial charge >= 0.3 is 25.7 Å². The molecule has 0 fully saturated rings. The van der Waals surface area contributed by atoms with E-state index in [1.54, 1.807) is 0 Å². The number of phosphoric acid groups is 1. The maximum Gasteiger partial charge on any atom is 0.472 e. The minimum atomic E-state index is -4.76. The Bertz CT molecular complexity index is 1470. The SMILES string of the molecule is CC/C=C/C/C=C/C/C=C/C/C=C/C/C=C/C/C=C/CCC(=O)OC[C@H](COP(=O)(O)OC[C@H](N)C(=O)O)OC(=O)CCC/C=C/C/C=C/C/C=C/C/C=C/CCCCC. The molecule has 11 nitrogen and oxygen atoms in total. The summed E-state index contributed by atoms with van der Waals surface area (Å²) in [4.78, 5) is 45.9. The van der Waals surface area contributed by atoms with Crippen molar-refractivity contribution in [1.82, 2.24) is 0 Å². The molecular formula is C48H74NO10P. The van der Waals surface area contributed by atoms with E-state index in [9.17, 15) is 23.8 Å². The van der Waals surface area contributed by atoms with Gasteiger partial charge in [-0.05, 0) is 89.9 Å². The molecule has 336 valence electrons. The van der Waals surface area contributed by atoms with Gasteiger partial charge in [-0.3, -0.25) is 23.4 Å². The molecule has 12 heteroatoms. The lowest BCUT2D eigenvalue weighted by Crippen LogP contribution is -2.34. The number of allylic oxidation sites excluding steroid dienone is 20. The van der Waals surface area contributed by atoms with Crippen molar-refractivity contribution in [1.29, 1.82) is 0 Å². The highest BCUT2D eigenvalue weighted by molar-refractivity contribution is 7.47. The third-order valence-corrected chi connectivity index (χ3v) is 9.16. The largest absolute Gasteiger partial charge is 0.480 e. The number of hydrogen-bond donors (Lipinski definition) is 3. The Labute approximate surface area is 360 Å². The van der Waals surface area contributed by atoms with Crippen LogP contribution in [0.2, 0.25) is 0 Å². The predicted octanol–water partition coefficient (Wildman–Crippen LogP) is 11.6. The van der Waals surface area contributed by atoms with Crippen LogP contribution in [0.4, 0.5) is 0 Å². The van der Waals surface area contributed by atoms with Crippen LogP contribution in [0.25, 0.3) is 0 Å². The fourth-order valence-corrected chi connectivity index (χ4v) is 5.62. The minimum absolute atomic E-state index is 0.0614. The number of carbonyl (C=O) groups excluding carboxylic acids is 2. The molecule has 0 aliphatic carbocycles. The van der Waals surface area contributed by atoms with Crippen LogP contribution in [-0.2, 0) is 37.5 Å². The first-order chi connectivity index (χ1) is 29.1. The molecule has 0 saturated carbocycles. The van der Waals surface area contributed by atoms with Crippen LogP contribution in [0.5, 0.6) is 0 Å². The topological polar surface area (TPSA) is 172 Å². The number of carboxylic acid groups (broad SMARTS) is 1. The van der Waals surface area contributed by atoms with Gasteiger partial charge in [0.1, 0.15) is 12.6 Å². The van der Waals surface area contributed by atoms with Crippen molar-refractivity contribution in [2.45, 2.75) is 142 Å². The molecule has 60 heavy (non-hydrogen) atoms. The summed E-state index contributed by atoms with van der Waals surface area (Å²) in [7, 11) is -4.76. The molecule has 0 radical (unpaired) electrons. The van der Waals surface area contributed by atoms with E-state index in [0.717, 1.165) is 64.2 Å². The molecule has 0 rings (SSSR count). The van der Waals surface area contributed by atoms with E-state index < -0.39 is 57.7 Å². The molecule has 0 aliphatic rings. The predicted molar refractivity (Wildman–Crippen MR) is 244 cm³/mol. The normalized spacial score (nSPS) is 14.9. The zero-order valence-electron chi connectivity index (χ0n) is 36.2. The zero-order chi connectivity index (χ0) is 44.2. The number of aliphatic carboxylic acids is 1. The summed E-state index contributed by atoms with van der Waals surface area (Å²) in [5.41, 5.74) is 5.32. The van der Waals surface area contributed by atoms with E-state index >= 15 is 0 Å². The smallest absolute Gasteiger partial charge is 0.472 e. The molecule has 0 aromatic rings. The van der Waals surface area contributed by atoms with Gasteiger partial charge in [0.25, 0.3) is 0 Å². The molecule has 0 amide bonds. The van der Waals surface area contributed by atoms with Crippen molar-refractivity contribution in [3.8, 4) is 0 Å². The van der Waals surface area contributed by atoms with Crippen LogP contribution < -0.4 is 5.73 Å². The van der Waals surface area contributed by atoms with E-state index in [2.05, 4.69) is 116 Å². The van der Waals surface area contributed by atoms with Gasteiger partial charge in [0.2, 0.25) is 0 Å². The first kappa shape index (κ1) is 55.9. The molecule has 0 aliphatic heterocycles. The molecule has 0 saturated heterocycles. The minimum Gasteiger partial charge on any atom is -0.480 e. The fraction of sp³-hybridized carbons (Fsp3) is 0.521. The van der Waals surface area contributed by atoms with Crippen molar-refractivity contribution < 1.29 is 47.5 Å². The molecule has 0 aromatic carbocycles. The van der Waals surface area contributed by atoms with Crippen LogP contribution in [0, 0.1) is 0 Å². The van der Waals surface area contributed by atoms with Gasteiger partial charge in [0.05, 0.1) is 13.2 Å². The third-order valence-electron chi connectivity index (χ3n) is 8.21. The van der Waals surface area contributed by atoms with Gasteiger partial charge in [-0.2, -0.15) is 0 Å². The lowest BCUT2D eigenvalue weighted by molar-refractivity contribution is -0.161. The van der Waals surface area contributed by atoms with Crippen LogP contribution in [0.1, 0.15) is 129 Å². The summed E-state index contributed by atoms with van der Waals surface area (Å²) >= 11 is 0. The van der Waals surface area contributed by atoms with E-state index in [-0.39, 0.29) is 12.8 Å². The van der Waals surface area contributed by atoms with E-state index in [0.29, 0.717) is 19.3 Å². The van der Waals surface area contributed by atoms with Gasteiger partial charge in [-0.25, -0.2) is 4.57 Å². The number of rotatable bonds is 38. The maximum absolute atomic E-state index is 12.6. The number of esters is 2. The summed E-state index contributed by atoms with van der Waals surface area (Å²) < 4.78 is 32.5. The van der Waals surface area contributed by atoms with Crippen molar-refractivity contribution in [3.63, 3.8) is 0 Å². The molecule has 3 atom stereocenters. The van der Waals surface area contributed by atoms with Crippen LogP contribution in [-0.4, -0.2) is 59.9 Å². The highest BCUT2D eigenvalue weighted by Crippen LogP contribution is 2.43. The Morgan fingerprint density at radius 3 is 1.40 bits per heavy atom. The number of hydrogen-bond acceptors (Lipinski definition) is 9. The van der Waals surface area contributed by atoms with Gasteiger partial charge in [0, 0.05) is 12.8 Å². The third kappa shape index (κ3) is 40.7. The number of unbranched alkanes of at least 4 members (excludes halogenated alkanes) is 4. The Balaban J connectivity index is 4.61. The Morgan fingerprint density at radius 1 is 0.533 bits per heavy atom. The molecule has 0 aromatic heterocycles. The lowest BCUT2D eigenvalue weighted by atomic mass is 10.2. The van der Waals surface area contributed by atoms with Gasteiger partial charge in [0.15, 0.2) is 6.10 Å². The monoisotopic (exact) mass is 856 g/mol. The van der Waals surface area contributed by atoms with Gasteiger partial charge in [-0.1, -0.05) is 148 Å². The van der Waals surface area contributed by atoms with Crippen LogP contribution in [0.3, 0.4) is 0 Å². The molecule has 4 N–H and O–H groups in total. The fourth-order valence-electron chi connectivity index (χ4n) is 4.85. The van der Waals surface area contributed by atoms with E-state index in [1.807, 2.05) is 24.3 Å². The second-order valence-corrected chi connectivity index (χ2v) is 15.2.